The van der Waals surface area contributed by atoms with Crippen LogP contribution in [0.15, 0.2) is 11.1 Å². The van der Waals surface area contributed by atoms with Gasteiger partial charge < -0.3 is 20.1 Å². The van der Waals surface area contributed by atoms with E-state index in [1.807, 2.05) is 18.7 Å². The SMILES string of the molecule is CC(C)C1=C2[C@H]3CC[C@H]4[C@@]5(C)CC[C@H](OC(=O)CC(C)(C)C(=O)O)C(C)(C)[C@H]5CC[C@@]4(C)[C@]3(C)CC[C@@]2([C@@H](O)CN(CC(=O)O)C(C)C)CC1=O. The van der Waals surface area contributed by atoms with E-state index in [0.29, 0.717) is 18.3 Å². The van der Waals surface area contributed by atoms with Crippen LogP contribution < -0.4 is 0 Å². The first kappa shape index (κ1) is 39.9. The van der Waals surface area contributed by atoms with Gasteiger partial charge in [-0.1, -0.05) is 54.0 Å². The zero-order chi connectivity index (χ0) is 38.3. The number of hydrogen-bond acceptors (Lipinski definition) is 7. The molecule has 0 aliphatic heterocycles. The van der Waals surface area contributed by atoms with Crippen molar-refractivity contribution in [3.8, 4) is 0 Å². The molecule has 4 fully saturated rings. The fraction of sp³-hybridized carbons (Fsp3) is 0.857. The number of aliphatic hydroxyl groups excluding tert-OH is 1. The van der Waals surface area contributed by atoms with Crippen LogP contribution in [0.3, 0.4) is 0 Å². The van der Waals surface area contributed by atoms with Gasteiger partial charge in [0.2, 0.25) is 0 Å². The van der Waals surface area contributed by atoms with Crippen LogP contribution in [0, 0.1) is 56.2 Å². The number of nitrogens with zero attached hydrogens (tertiary/aromatic N) is 1. The van der Waals surface area contributed by atoms with E-state index in [2.05, 4.69) is 48.5 Å². The van der Waals surface area contributed by atoms with Gasteiger partial charge in [-0.3, -0.25) is 24.1 Å². The molecule has 0 bridgehead atoms. The number of carboxylic acid groups (broad SMARTS) is 2. The Labute approximate surface area is 306 Å². The smallest absolute Gasteiger partial charge is 0.317 e. The fourth-order valence-electron chi connectivity index (χ4n) is 12.9. The molecule has 9 nitrogen and oxygen atoms in total. The van der Waals surface area contributed by atoms with E-state index in [4.69, 9.17) is 4.74 Å². The van der Waals surface area contributed by atoms with Crippen LogP contribution in [-0.2, 0) is 23.9 Å². The lowest BCUT2D eigenvalue weighted by atomic mass is 9.33. The first-order chi connectivity index (χ1) is 23.4. The molecular formula is C42H67NO8. The molecular weight excluding hydrogens is 646 g/mol. The van der Waals surface area contributed by atoms with Gasteiger partial charge in [0, 0.05) is 29.8 Å². The van der Waals surface area contributed by atoms with E-state index in [9.17, 15) is 34.5 Å². The van der Waals surface area contributed by atoms with Gasteiger partial charge in [0.05, 0.1) is 24.5 Å². The van der Waals surface area contributed by atoms with E-state index in [1.54, 1.807) is 13.8 Å². The van der Waals surface area contributed by atoms with Gasteiger partial charge in [-0.15, -0.1) is 0 Å². The van der Waals surface area contributed by atoms with Crippen LogP contribution >= 0.6 is 0 Å². The summed E-state index contributed by atoms with van der Waals surface area (Å²) in [5.41, 5.74) is -0.0814. The van der Waals surface area contributed by atoms with E-state index < -0.39 is 34.8 Å². The van der Waals surface area contributed by atoms with Crippen LogP contribution in [-0.4, -0.2) is 75.2 Å². The highest BCUT2D eigenvalue weighted by atomic mass is 16.5. The summed E-state index contributed by atoms with van der Waals surface area (Å²) in [5.74, 6) is -1.22. The number of fused-ring (bicyclic) bond motifs is 7. The number of ketones is 1. The number of carbonyl (C=O) groups is 4. The molecule has 0 amide bonds. The molecule has 9 atom stereocenters. The molecule has 0 aromatic heterocycles. The lowest BCUT2D eigenvalue weighted by molar-refractivity contribution is -0.235. The maximum Gasteiger partial charge on any atom is 0.317 e. The lowest BCUT2D eigenvalue weighted by Gasteiger charge is -2.72. The maximum atomic E-state index is 14.0. The molecule has 0 radical (unpaired) electrons. The molecule has 5 rings (SSSR count). The fourth-order valence-corrected chi connectivity index (χ4v) is 12.9. The van der Waals surface area contributed by atoms with Crippen LogP contribution in [0.4, 0.5) is 0 Å². The third-order valence-electron chi connectivity index (χ3n) is 16.0. The topological polar surface area (TPSA) is 141 Å². The number of ether oxygens (including phenoxy) is 1. The minimum atomic E-state index is -1.18. The molecule has 0 saturated heterocycles. The van der Waals surface area contributed by atoms with Crippen molar-refractivity contribution < 1.29 is 39.2 Å². The van der Waals surface area contributed by atoms with Crippen molar-refractivity contribution in [2.45, 2.75) is 159 Å². The molecule has 288 valence electrons. The van der Waals surface area contributed by atoms with Gasteiger partial charge in [0.1, 0.15) is 6.10 Å². The lowest BCUT2D eigenvalue weighted by Crippen LogP contribution is -2.66. The van der Waals surface area contributed by atoms with Crippen LogP contribution in [0.5, 0.6) is 0 Å². The van der Waals surface area contributed by atoms with Crippen LogP contribution in [0.2, 0.25) is 0 Å². The van der Waals surface area contributed by atoms with Crippen LogP contribution in [0.25, 0.3) is 0 Å². The van der Waals surface area contributed by atoms with Gasteiger partial charge in [0.25, 0.3) is 0 Å². The summed E-state index contributed by atoms with van der Waals surface area (Å²) < 4.78 is 6.14. The number of allylic oxidation sites excluding steroid dienone is 1. The molecule has 9 heteroatoms. The van der Waals surface area contributed by atoms with E-state index >= 15 is 0 Å². The van der Waals surface area contributed by atoms with Crippen molar-refractivity contribution >= 4 is 23.7 Å². The Balaban J connectivity index is 1.46. The average Bonchev–Trinajstić information content (AvgIpc) is 3.31. The molecule has 4 saturated carbocycles. The predicted octanol–water partition coefficient (Wildman–Crippen LogP) is 7.54. The van der Waals surface area contributed by atoms with Crippen molar-refractivity contribution in [1.29, 1.82) is 0 Å². The van der Waals surface area contributed by atoms with Crippen molar-refractivity contribution in [3.63, 3.8) is 0 Å². The molecule has 5 aliphatic rings. The standard InChI is InChI=1S/C42H67NO8/c1-24(2)34-27(44)20-42(30(45)22-43(25(3)4)23-32(46)47)19-18-40(10)26(35(34)42)12-13-29-39(9)16-15-31(51-33(48)21-37(5,6)36(49)50)38(7,8)28(39)14-17-41(29,40)11/h24-26,28-31,45H,12-23H2,1-11H3,(H,46,47)(H,49,50)/t26-,28-,29+,30+,31+,39+,40-,41-,42+/m1/s1. The summed E-state index contributed by atoms with van der Waals surface area (Å²) in [7, 11) is 0. The van der Waals surface area contributed by atoms with E-state index in [0.717, 1.165) is 56.9 Å². The molecule has 0 aromatic carbocycles. The van der Waals surface area contributed by atoms with Crippen LogP contribution in [0.1, 0.15) is 140 Å². The number of hydrogen-bond donors (Lipinski definition) is 3. The summed E-state index contributed by atoms with van der Waals surface area (Å²) in [6, 6.07) is -0.0557. The number of carboxylic acids is 2. The molecule has 5 aliphatic carbocycles. The Hall–Kier alpha value is -2.26. The second-order valence-corrected chi connectivity index (χ2v) is 20.0. The van der Waals surface area contributed by atoms with Gasteiger partial charge in [-0.2, -0.15) is 0 Å². The number of carbonyl (C=O) groups excluding carboxylic acids is 2. The second-order valence-electron chi connectivity index (χ2n) is 20.0. The van der Waals surface area contributed by atoms with E-state index in [-0.39, 0.29) is 70.9 Å². The molecule has 51 heavy (non-hydrogen) atoms. The molecule has 0 spiro atoms. The van der Waals surface area contributed by atoms with Crippen molar-refractivity contribution in [2.24, 2.45) is 56.2 Å². The van der Waals surface area contributed by atoms with Crippen molar-refractivity contribution in [2.75, 3.05) is 13.1 Å². The number of Topliss-reactive ketones (excluding diaryl/α,β-unsaturated/α-hetero) is 1. The Morgan fingerprint density at radius 2 is 1.53 bits per heavy atom. The summed E-state index contributed by atoms with van der Waals surface area (Å²) in [5, 5.41) is 31.4. The minimum Gasteiger partial charge on any atom is -0.481 e. The van der Waals surface area contributed by atoms with Crippen molar-refractivity contribution in [3.05, 3.63) is 11.1 Å². The average molecular weight is 714 g/mol. The number of esters is 1. The predicted molar refractivity (Wildman–Crippen MR) is 196 cm³/mol. The third kappa shape index (κ3) is 6.22. The minimum absolute atomic E-state index is 0.00259. The molecule has 0 unspecified atom stereocenters. The van der Waals surface area contributed by atoms with Gasteiger partial charge in [-0.05, 0) is 125 Å². The second kappa shape index (κ2) is 13.2. The summed E-state index contributed by atoms with van der Waals surface area (Å²) in [6.07, 6.45) is 6.41. The third-order valence-corrected chi connectivity index (χ3v) is 16.0. The first-order valence-electron chi connectivity index (χ1n) is 19.7. The van der Waals surface area contributed by atoms with E-state index in [1.165, 1.54) is 5.57 Å². The Morgan fingerprint density at radius 3 is 2.10 bits per heavy atom. The highest BCUT2D eigenvalue weighted by Crippen LogP contribution is 2.77. The Kier molecular flexibility index (Phi) is 10.4. The zero-order valence-corrected chi connectivity index (χ0v) is 33.4. The summed E-state index contributed by atoms with van der Waals surface area (Å²) in [4.78, 5) is 52.4. The van der Waals surface area contributed by atoms with Crippen molar-refractivity contribution in [1.82, 2.24) is 4.90 Å². The molecule has 0 heterocycles. The largest absolute Gasteiger partial charge is 0.481 e. The number of rotatable bonds is 11. The summed E-state index contributed by atoms with van der Waals surface area (Å²) in [6.45, 7) is 23.3. The zero-order valence-electron chi connectivity index (χ0n) is 33.4. The normalized spacial score (nSPS) is 38.2. The first-order valence-corrected chi connectivity index (χ1v) is 19.7. The van der Waals surface area contributed by atoms with Gasteiger partial charge in [0.15, 0.2) is 5.78 Å². The molecule has 3 N–H and O–H groups in total. The quantitative estimate of drug-likeness (QED) is 0.185. The Bertz CT molecular complexity index is 1460. The highest BCUT2D eigenvalue weighted by Gasteiger charge is 2.71. The Morgan fingerprint density at radius 1 is 0.882 bits per heavy atom. The van der Waals surface area contributed by atoms with Gasteiger partial charge in [-0.25, -0.2) is 0 Å². The number of aliphatic carboxylic acids is 2. The molecule has 0 aromatic rings. The number of aliphatic hydroxyl groups is 1. The summed E-state index contributed by atoms with van der Waals surface area (Å²) >= 11 is 0. The highest BCUT2D eigenvalue weighted by molar-refractivity contribution is 6.00. The maximum absolute atomic E-state index is 14.0. The monoisotopic (exact) mass is 713 g/mol. The van der Waals surface area contributed by atoms with Gasteiger partial charge >= 0.3 is 17.9 Å².